The first-order valence-corrected chi connectivity index (χ1v) is 11.8. The van der Waals surface area contributed by atoms with E-state index < -0.39 is 5.60 Å². The molecule has 1 fully saturated rings. The summed E-state index contributed by atoms with van der Waals surface area (Å²) < 4.78 is 6.92. The van der Waals surface area contributed by atoms with Gasteiger partial charge >= 0.3 is 5.97 Å². The second-order valence-electron chi connectivity index (χ2n) is 8.89. The van der Waals surface area contributed by atoms with E-state index in [0.29, 0.717) is 12.1 Å². The van der Waals surface area contributed by atoms with Crippen LogP contribution in [0.15, 0.2) is 48.8 Å². The summed E-state index contributed by atoms with van der Waals surface area (Å²) in [5.41, 5.74) is 3.23. The summed E-state index contributed by atoms with van der Waals surface area (Å²) >= 11 is 0. The lowest BCUT2D eigenvalue weighted by Gasteiger charge is -2.40. The van der Waals surface area contributed by atoms with Crippen LogP contribution in [0.4, 0.5) is 5.69 Å². The van der Waals surface area contributed by atoms with Gasteiger partial charge < -0.3 is 19.3 Å². The minimum atomic E-state index is -0.585. The molecule has 0 unspecified atom stereocenters. The second kappa shape index (κ2) is 9.93. The van der Waals surface area contributed by atoms with Gasteiger partial charge in [-0.3, -0.25) is 4.90 Å². The highest BCUT2D eigenvalue weighted by Crippen LogP contribution is 2.28. The number of carbonyl (C=O) groups excluding carboxylic acids is 1. The number of esters is 1. The molecule has 0 aliphatic carbocycles. The number of carbonyl (C=O) groups is 1. The molecule has 1 aromatic carbocycles. The topological polar surface area (TPSA) is 70.8 Å². The predicted molar refractivity (Wildman–Crippen MR) is 131 cm³/mol. The summed E-state index contributed by atoms with van der Waals surface area (Å²) in [4.78, 5) is 21.1. The van der Waals surface area contributed by atoms with E-state index >= 15 is 0 Å². The van der Waals surface area contributed by atoms with Crippen LogP contribution in [0, 0.1) is 0 Å². The largest absolute Gasteiger partial charge is 0.465 e. The van der Waals surface area contributed by atoms with Crippen LogP contribution < -0.4 is 4.90 Å². The van der Waals surface area contributed by atoms with E-state index in [4.69, 9.17) is 4.74 Å². The Bertz CT molecular complexity index is 1080. The van der Waals surface area contributed by atoms with E-state index in [0.717, 1.165) is 62.2 Å². The number of nitrogens with zero attached hydrogens (tertiary/aromatic N) is 4. The molecular weight excluding hydrogens is 416 g/mol. The van der Waals surface area contributed by atoms with Gasteiger partial charge in [-0.05, 0) is 42.7 Å². The third-order valence-electron chi connectivity index (χ3n) is 6.91. The standard InChI is InChI=1S/C26H34N4O3/c1-4-26(32,5-2)19-28-14-16-29(17-15-28)23-10-12-27-24-22(23)11-13-30(24)18-20-6-8-21(9-7-20)25(31)33-3/h6-13,32H,4-5,14-19H2,1-3H3. The zero-order valence-electron chi connectivity index (χ0n) is 19.8. The van der Waals surface area contributed by atoms with Crippen molar-refractivity contribution in [3.63, 3.8) is 0 Å². The van der Waals surface area contributed by atoms with Crippen molar-refractivity contribution in [2.45, 2.75) is 38.8 Å². The highest BCUT2D eigenvalue weighted by Gasteiger charge is 2.28. The number of methoxy groups -OCH3 is 1. The zero-order chi connectivity index (χ0) is 23.4. The Morgan fingerprint density at radius 2 is 1.76 bits per heavy atom. The van der Waals surface area contributed by atoms with Gasteiger partial charge in [0.25, 0.3) is 0 Å². The summed E-state index contributed by atoms with van der Waals surface area (Å²) in [5.74, 6) is -0.326. The molecule has 3 aromatic rings. The predicted octanol–water partition coefficient (Wildman–Crippen LogP) is 3.54. The van der Waals surface area contributed by atoms with Crippen molar-refractivity contribution in [1.29, 1.82) is 0 Å². The third kappa shape index (κ3) is 5.04. The summed E-state index contributed by atoms with van der Waals surface area (Å²) in [7, 11) is 1.39. The number of hydrogen-bond acceptors (Lipinski definition) is 6. The van der Waals surface area contributed by atoms with Gasteiger partial charge in [0.2, 0.25) is 0 Å². The summed E-state index contributed by atoms with van der Waals surface area (Å²) in [6.45, 7) is 9.30. The molecule has 0 bridgehead atoms. The minimum absolute atomic E-state index is 0.326. The molecular formula is C26H34N4O3. The van der Waals surface area contributed by atoms with Crippen LogP contribution in [-0.2, 0) is 11.3 Å². The Morgan fingerprint density at radius 1 is 1.06 bits per heavy atom. The van der Waals surface area contributed by atoms with Crippen molar-refractivity contribution >= 4 is 22.7 Å². The molecule has 7 heteroatoms. The van der Waals surface area contributed by atoms with Gasteiger partial charge in [-0.1, -0.05) is 26.0 Å². The van der Waals surface area contributed by atoms with Crippen LogP contribution >= 0.6 is 0 Å². The maximum absolute atomic E-state index is 11.7. The van der Waals surface area contributed by atoms with Crippen LogP contribution in [0.25, 0.3) is 11.0 Å². The van der Waals surface area contributed by atoms with Crippen molar-refractivity contribution in [1.82, 2.24) is 14.5 Å². The number of aliphatic hydroxyl groups is 1. The highest BCUT2D eigenvalue weighted by molar-refractivity contribution is 5.90. The number of aromatic nitrogens is 2. The summed E-state index contributed by atoms with van der Waals surface area (Å²) in [6.07, 6.45) is 5.53. The second-order valence-corrected chi connectivity index (χ2v) is 8.89. The SMILES string of the molecule is CCC(O)(CC)CN1CCN(c2ccnc3c2ccn3Cc2ccc(C(=O)OC)cc2)CC1. The molecule has 1 aliphatic heterocycles. The van der Waals surface area contributed by atoms with Gasteiger partial charge in [-0.2, -0.15) is 0 Å². The molecule has 1 saturated heterocycles. The van der Waals surface area contributed by atoms with E-state index in [1.54, 1.807) is 12.1 Å². The monoisotopic (exact) mass is 450 g/mol. The third-order valence-corrected chi connectivity index (χ3v) is 6.91. The van der Waals surface area contributed by atoms with Gasteiger partial charge in [0, 0.05) is 62.7 Å². The molecule has 4 rings (SSSR count). The summed E-state index contributed by atoms with van der Waals surface area (Å²) in [5, 5.41) is 11.8. The molecule has 7 nitrogen and oxygen atoms in total. The molecule has 2 aromatic heterocycles. The zero-order valence-corrected chi connectivity index (χ0v) is 19.8. The minimum Gasteiger partial charge on any atom is -0.465 e. The molecule has 0 amide bonds. The fourth-order valence-corrected chi connectivity index (χ4v) is 4.58. The molecule has 0 spiro atoms. The Labute approximate surface area is 195 Å². The van der Waals surface area contributed by atoms with Crippen molar-refractivity contribution in [2.75, 3.05) is 44.7 Å². The average Bonchev–Trinajstić information content (AvgIpc) is 3.27. The van der Waals surface area contributed by atoms with Crippen molar-refractivity contribution < 1.29 is 14.6 Å². The van der Waals surface area contributed by atoms with Crippen LogP contribution in [0.3, 0.4) is 0 Å². The van der Waals surface area contributed by atoms with Gasteiger partial charge in [0.05, 0.1) is 18.3 Å². The van der Waals surface area contributed by atoms with Crippen LogP contribution in [-0.4, -0.2) is 71.0 Å². The Kier molecular flexibility index (Phi) is 7.00. The Hall–Kier alpha value is -2.90. The Balaban J connectivity index is 1.46. The number of fused-ring (bicyclic) bond motifs is 1. The number of ether oxygens (including phenoxy) is 1. The lowest BCUT2D eigenvalue weighted by atomic mass is 9.96. The van der Waals surface area contributed by atoms with Crippen molar-refractivity contribution in [2.24, 2.45) is 0 Å². The van der Waals surface area contributed by atoms with E-state index in [1.165, 1.54) is 12.8 Å². The van der Waals surface area contributed by atoms with Gasteiger partial charge in [-0.25, -0.2) is 9.78 Å². The molecule has 33 heavy (non-hydrogen) atoms. The maximum atomic E-state index is 11.7. The quantitative estimate of drug-likeness (QED) is 0.530. The molecule has 176 valence electrons. The van der Waals surface area contributed by atoms with E-state index in [9.17, 15) is 9.90 Å². The first-order valence-electron chi connectivity index (χ1n) is 11.8. The lowest BCUT2D eigenvalue weighted by Crippen LogP contribution is -2.51. The number of anilines is 1. The molecule has 0 atom stereocenters. The molecule has 0 radical (unpaired) electrons. The van der Waals surface area contributed by atoms with Crippen LogP contribution in [0.5, 0.6) is 0 Å². The number of piperazine rings is 1. The molecule has 1 aliphatic rings. The number of pyridine rings is 1. The number of benzene rings is 1. The number of hydrogen-bond donors (Lipinski definition) is 1. The normalized spacial score (nSPS) is 15.2. The molecule has 1 N–H and O–H groups in total. The smallest absolute Gasteiger partial charge is 0.337 e. The van der Waals surface area contributed by atoms with E-state index in [-0.39, 0.29) is 5.97 Å². The lowest BCUT2D eigenvalue weighted by molar-refractivity contribution is -0.00455. The van der Waals surface area contributed by atoms with Gasteiger partial charge in [0.15, 0.2) is 0 Å². The van der Waals surface area contributed by atoms with Crippen LogP contribution in [0.1, 0.15) is 42.6 Å². The van der Waals surface area contributed by atoms with E-state index in [2.05, 4.69) is 51.5 Å². The fraction of sp³-hybridized carbons (Fsp3) is 0.462. The highest BCUT2D eigenvalue weighted by atomic mass is 16.5. The first kappa shape index (κ1) is 23.3. The number of rotatable bonds is 8. The van der Waals surface area contributed by atoms with Crippen molar-refractivity contribution in [3.8, 4) is 0 Å². The van der Waals surface area contributed by atoms with E-state index in [1.807, 2.05) is 18.3 Å². The maximum Gasteiger partial charge on any atom is 0.337 e. The first-order chi connectivity index (χ1) is 16.0. The molecule has 0 saturated carbocycles. The molecule has 3 heterocycles. The van der Waals surface area contributed by atoms with Crippen molar-refractivity contribution in [3.05, 3.63) is 59.9 Å². The van der Waals surface area contributed by atoms with Gasteiger partial charge in [-0.15, -0.1) is 0 Å². The summed E-state index contributed by atoms with van der Waals surface area (Å²) in [6, 6.07) is 11.7. The average molecular weight is 451 g/mol. The van der Waals surface area contributed by atoms with Gasteiger partial charge in [0.1, 0.15) is 5.65 Å². The fourth-order valence-electron chi connectivity index (χ4n) is 4.58. The number of β-amino-alcohol motifs (C(OH)–C–C–N with tert-alkyl or cyclic N) is 1. The Morgan fingerprint density at radius 3 is 2.39 bits per heavy atom. The van der Waals surface area contributed by atoms with Crippen LogP contribution in [0.2, 0.25) is 0 Å².